The number of pyridine rings is 1. The lowest BCUT2D eigenvalue weighted by molar-refractivity contribution is 0.0998. The molecule has 0 spiro atoms. The molecule has 0 fully saturated rings. The third kappa shape index (κ3) is 2.36. The molecule has 3 aromatic rings. The zero-order chi connectivity index (χ0) is 14.8. The Balaban J connectivity index is 2.21. The Morgan fingerprint density at radius 2 is 1.76 bits per heavy atom. The van der Waals surface area contributed by atoms with Gasteiger partial charge in [0, 0.05) is 11.6 Å². The number of aromatic nitrogens is 1. The highest BCUT2D eigenvalue weighted by Crippen LogP contribution is 2.34. The van der Waals surface area contributed by atoms with Crippen LogP contribution in [0.4, 0.5) is 5.69 Å². The molecule has 0 unspecified atom stereocenters. The molecule has 1 aromatic heterocycles. The van der Waals surface area contributed by atoms with E-state index in [1.807, 2.05) is 30.3 Å². The van der Waals surface area contributed by atoms with Crippen molar-refractivity contribution in [3.8, 4) is 11.5 Å². The van der Waals surface area contributed by atoms with E-state index in [0.717, 1.165) is 0 Å². The molecule has 104 valence electrons. The SMILES string of the molecule is NC(=O)c1cnc2ccccc2c1Oc1ccccc1N. The predicted octanol–water partition coefficient (Wildman–Crippen LogP) is 2.71. The maximum absolute atomic E-state index is 11.6. The first-order valence-corrected chi connectivity index (χ1v) is 6.36. The van der Waals surface area contributed by atoms with Crippen molar-refractivity contribution in [2.24, 2.45) is 5.73 Å². The van der Waals surface area contributed by atoms with Gasteiger partial charge in [-0.3, -0.25) is 9.78 Å². The first kappa shape index (κ1) is 12.9. The third-order valence-electron chi connectivity index (χ3n) is 3.12. The number of amides is 1. The van der Waals surface area contributed by atoms with E-state index >= 15 is 0 Å². The molecule has 0 saturated carbocycles. The summed E-state index contributed by atoms with van der Waals surface area (Å²) in [4.78, 5) is 15.8. The molecule has 0 aliphatic heterocycles. The number of nitrogens with zero attached hydrogens (tertiary/aromatic N) is 1. The van der Waals surface area contributed by atoms with Crippen LogP contribution in [-0.2, 0) is 0 Å². The second-order valence-electron chi connectivity index (χ2n) is 4.52. The maximum atomic E-state index is 11.6. The normalized spacial score (nSPS) is 10.5. The number of carbonyl (C=O) groups is 1. The molecule has 4 N–H and O–H groups in total. The average Bonchev–Trinajstić information content (AvgIpc) is 2.49. The van der Waals surface area contributed by atoms with Crippen LogP contribution in [0, 0.1) is 0 Å². The van der Waals surface area contributed by atoms with Gasteiger partial charge in [-0.2, -0.15) is 0 Å². The van der Waals surface area contributed by atoms with E-state index in [-0.39, 0.29) is 5.56 Å². The molecule has 0 aliphatic rings. The fourth-order valence-corrected chi connectivity index (χ4v) is 2.08. The van der Waals surface area contributed by atoms with Gasteiger partial charge in [0.05, 0.1) is 11.2 Å². The van der Waals surface area contributed by atoms with Crippen LogP contribution < -0.4 is 16.2 Å². The van der Waals surface area contributed by atoms with Crippen LogP contribution in [0.1, 0.15) is 10.4 Å². The minimum absolute atomic E-state index is 0.219. The monoisotopic (exact) mass is 279 g/mol. The lowest BCUT2D eigenvalue weighted by Crippen LogP contribution is -2.13. The summed E-state index contributed by atoms with van der Waals surface area (Å²) in [6, 6.07) is 14.4. The topological polar surface area (TPSA) is 91.2 Å². The van der Waals surface area contributed by atoms with Gasteiger partial charge in [0.2, 0.25) is 0 Å². The third-order valence-corrected chi connectivity index (χ3v) is 3.12. The number of rotatable bonds is 3. The lowest BCUT2D eigenvalue weighted by Gasteiger charge is -2.13. The first-order valence-electron chi connectivity index (χ1n) is 6.36. The van der Waals surface area contributed by atoms with Gasteiger partial charge in [-0.1, -0.05) is 24.3 Å². The average molecular weight is 279 g/mol. The van der Waals surface area contributed by atoms with Gasteiger partial charge in [0.25, 0.3) is 5.91 Å². The number of anilines is 1. The molecule has 2 aromatic carbocycles. The standard InChI is InChI=1S/C16H13N3O2/c17-12-6-2-4-8-14(12)21-15-10-5-1-3-7-13(10)19-9-11(15)16(18)20/h1-9H,17H2,(H2,18,20). The van der Waals surface area contributed by atoms with Gasteiger partial charge >= 0.3 is 0 Å². The van der Waals surface area contributed by atoms with Crippen molar-refractivity contribution in [3.63, 3.8) is 0 Å². The van der Waals surface area contributed by atoms with Gasteiger partial charge in [0.15, 0.2) is 5.75 Å². The van der Waals surface area contributed by atoms with Crippen LogP contribution in [0.25, 0.3) is 10.9 Å². The van der Waals surface area contributed by atoms with E-state index in [1.165, 1.54) is 6.20 Å². The van der Waals surface area contributed by atoms with Crippen LogP contribution in [0.15, 0.2) is 54.7 Å². The van der Waals surface area contributed by atoms with Crippen molar-refractivity contribution in [1.29, 1.82) is 0 Å². The van der Waals surface area contributed by atoms with Crippen molar-refractivity contribution in [1.82, 2.24) is 4.98 Å². The number of nitrogens with two attached hydrogens (primary N) is 2. The summed E-state index contributed by atoms with van der Waals surface area (Å²) < 4.78 is 5.85. The number of fused-ring (bicyclic) bond motifs is 1. The van der Waals surface area contributed by atoms with Crippen molar-refractivity contribution in [2.75, 3.05) is 5.73 Å². The molecule has 21 heavy (non-hydrogen) atoms. The largest absolute Gasteiger partial charge is 0.454 e. The second-order valence-corrected chi connectivity index (χ2v) is 4.52. The molecule has 0 bridgehead atoms. The molecule has 0 aliphatic carbocycles. The van der Waals surface area contributed by atoms with E-state index in [1.54, 1.807) is 18.2 Å². The summed E-state index contributed by atoms with van der Waals surface area (Å²) in [5.74, 6) is 0.236. The van der Waals surface area contributed by atoms with Crippen molar-refractivity contribution >= 4 is 22.5 Å². The molecular formula is C16H13N3O2. The number of nitrogen functional groups attached to an aromatic ring is 1. The van der Waals surface area contributed by atoms with Crippen molar-refractivity contribution in [3.05, 3.63) is 60.3 Å². The Hall–Kier alpha value is -3.08. The molecule has 0 saturated heterocycles. The highest BCUT2D eigenvalue weighted by molar-refractivity contribution is 6.01. The lowest BCUT2D eigenvalue weighted by atomic mass is 10.1. The van der Waals surface area contributed by atoms with Crippen molar-refractivity contribution in [2.45, 2.75) is 0 Å². The molecule has 1 amide bonds. The number of primary amides is 1. The number of hydrogen-bond acceptors (Lipinski definition) is 4. The van der Waals surface area contributed by atoms with E-state index < -0.39 is 5.91 Å². The molecule has 5 nitrogen and oxygen atoms in total. The number of ether oxygens (including phenoxy) is 1. The summed E-state index contributed by atoms with van der Waals surface area (Å²) in [6.45, 7) is 0. The fraction of sp³-hybridized carbons (Fsp3) is 0. The highest BCUT2D eigenvalue weighted by Gasteiger charge is 2.16. The highest BCUT2D eigenvalue weighted by atomic mass is 16.5. The van der Waals surface area contributed by atoms with Gasteiger partial charge in [-0.25, -0.2) is 0 Å². The number of para-hydroxylation sites is 3. The van der Waals surface area contributed by atoms with Crippen LogP contribution in [0.2, 0.25) is 0 Å². The molecule has 1 heterocycles. The number of benzene rings is 2. The fourth-order valence-electron chi connectivity index (χ4n) is 2.08. The summed E-state index contributed by atoms with van der Waals surface area (Å²) in [6.07, 6.45) is 1.42. The van der Waals surface area contributed by atoms with E-state index in [4.69, 9.17) is 16.2 Å². The van der Waals surface area contributed by atoms with Gasteiger partial charge < -0.3 is 16.2 Å². The van der Waals surface area contributed by atoms with Gasteiger partial charge in [0.1, 0.15) is 11.3 Å². The molecule has 0 radical (unpaired) electrons. The minimum Gasteiger partial charge on any atom is -0.454 e. The zero-order valence-corrected chi connectivity index (χ0v) is 11.1. The summed E-state index contributed by atoms with van der Waals surface area (Å²) in [5.41, 5.74) is 12.7. The molecule has 5 heteroatoms. The maximum Gasteiger partial charge on any atom is 0.254 e. The van der Waals surface area contributed by atoms with Gasteiger partial charge in [-0.05, 0) is 24.3 Å². The number of carbonyl (C=O) groups excluding carboxylic acids is 1. The Bertz CT molecular complexity index is 831. The van der Waals surface area contributed by atoms with E-state index in [2.05, 4.69) is 4.98 Å². The summed E-state index contributed by atoms with van der Waals surface area (Å²) in [7, 11) is 0. The molecule has 3 rings (SSSR count). The number of hydrogen-bond donors (Lipinski definition) is 2. The second kappa shape index (κ2) is 5.13. The van der Waals surface area contributed by atoms with E-state index in [9.17, 15) is 4.79 Å². The Kier molecular flexibility index (Phi) is 3.16. The van der Waals surface area contributed by atoms with Crippen molar-refractivity contribution < 1.29 is 9.53 Å². The smallest absolute Gasteiger partial charge is 0.254 e. The Morgan fingerprint density at radius 1 is 1.05 bits per heavy atom. The molecular weight excluding hydrogens is 266 g/mol. The van der Waals surface area contributed by atoms with Crippen LogP contribution in [0.5, 0.6) is 11.5 Å². The Morgan fingerprint density at radius 3 is 2.52 bits per heavy atom. The zero-order valence-electron chi connectivity index (χ0n) is 11.1. The quantitative estimate of drug-likeness (QED) is 0.721. The van der Waals surface area contributed by atoms with E-state index in [0.29, 0.717) is 28.1 Å². The van der Waals surface area contributed by atoms with Gasteiger partial charge in [-0.15, -0.1) is 0 Å². The van der Waals surface area contributed by atoms with Crippen LogP contribution >= 0.6 is 0 Å². The summed E-state index contributed by atoms with van der Waals surface area (Å²) >= 11 is 0. The molecule has 0 atom stereocenters. The first-order chi connectivity index (χ1) is 10.2. The minimum atomic E-state index is -0.599. The summed E-state index contributed by atoms with van der Waals surface area (Å²) in [5, 5.41) is 0.706. The van der Waals surface area contributed by atoms with Crippen LogP contribution in [-0.4, -0.2) is 10.9 Å². The predicted molar refractivity (Wildman–Crippen MR) is 81.2 cm³/mol. The van der Waals surface area contributed by atoms with Crippen LogP contribution in [0.3, 0.4) is 0 Å². The Labute approximate surface area is 121 Å².